The maximum absolute atomic E-state index is 12.9. The number of esters is 1. The largest absolute Gasteiger partial charge is 0.451 e. The molecule has 0 aromatic heterocycles. The number of imide groups is 1. The molecule has 0 saturated carbocycles. The molecule has 2 aromatic carbocycles. The van der Waals surface area contributed by atoms with Crippen molar-refractivity contribution in [1.29, 1.82) is 0 Å². The second-order valence-corrected chi connectivity index (χ2v) is 7.70. The maximum atomic E-state index is 12.9. The predicted molar refractivity (Wildman–Crippen MR) is 114 cm³/mol. The van der Waals surface area contributed by atoms with E-state index >= 15 is 0 Å². The van der Waals surface area contributed by atoms with Crippen molar-refractivity contribution in [1.82, 2.24) is 10.2 Å². The van der Waals surface area contributed by atoms with Gasteiger partial charge in [-0.05, 0) is 44.4 Å². The molecule has 0 radical (unpaired) electrons. The van der Waals surface area contributed by atoms with Crippen LogP contribution in [0.2, 0.25) is 0 Å². The van der Waals surface area contributed by atoms with Gasteiger partial charge in [-0.2, -0.15) is 0 Å². The highest BCUT2D eigenvalue weighted by molar-refractivity contribution is 6.09. The summed E-state index contributed by atoms with van der Waals surface area (Å²) >= 11 is 0. The highest BCUT2D eigenvalue weighted by Gasteiger charge is 2.49. The average Bonchev–Trinajstić information content (AvgIpc) is 2.95. The zero-order chi connectivity index (χ0) is 22.8. The first-order valence-electron chi connectivity index (χ1n) is 9.89. The SMILES string of the molecule is Cc1cccc(C)c1NC(=O)[C@@H](C)OC(=O)CN1C(=O)N[C@](C)(c2ccccc2)C1=O. The zero-order valence-electron chi connectivity index (χ0n) is 17.9. The lowest BCUT2D eigenvalue weighted by Crippen LogP contribution is -2.42. The summed E-state index contributed by atoms with van der Waals surface area (Å²) < 4.78 is 5.17. The van der Waals surface area contributed by atoms with Crippen LogP contribution in [0, 0.1) is 13.8 Å². The van der Waals surface area contributed by atoms with E-state index in [9.17, 15) is 19.2 Å². The summed E-state index contributed by atoms with van der Waals surface area (Å²) in [5.41, 5.74) is 1.75. The van der Waals surface area contributed by atoms with Crippen LogP contribution in [0.5, 0.6) is 0 Å². The van der Waals surface area contributed by atoms with E-state index in [-0.39, 0.29) is 0 Å². The minimum absolute atomic E-state index is 0.503. The van der Waals surface area contributed by atoms with Gasteiger partial charge in [-0.25, -0.2) is 4.79 Å². The lowest BCUT2D eigenvalue weighted by Gasteiger charge is -2.22. The molecule has 2 N–H and O–H groups in total. The highest BCUT2D eigenvalue weighted by atomic mass is 16.5. The number of amides is 4. The second kappa shape index (κ2) is 8.59. The van der Waals surface area contributed by atoms with E-state index in [1.165, 1.54) is 6.92 Å². The molecule has 1 saturated heterocycles. The number of ether oxygens (including phenoxy) is 1. The van der Waals surface area contributed by atoms with Gasteiger partial charge in [0.2, 0.25) is 0 Å². The van der Waals surface area contributed by atoms with Gasteiger partial charge in [0.15, 0.2) is 6.10 Å². The number of rotatable bonds is 6. The number of anilines is 1. The molecule has 0 bridgehead atoms. The van der Waals surface area contributed by atoms with Gasteiger partial charge in [0.25, 0.3) is 11.8 Å². The Morgan fingerprint density at radius 1 is 1.06 bits per heavy atom. The van der Waals surface area contributed by atoms with E-state index < -0.39 is 42.0 Å². The summed E-state index contributed by atoms with van der Waals surface area (Å²) in [7, 11) is 0. The molecule has 2 atom stereocenters. The van der Waals surface area contributed by atoms with Crippen molar-refractivity contribution in [2.45, 2.75) is 39.3 Å². The van der Waals surface area contributed by atoms with Crippen LogP contribution in [-0.2, 0) is 24.7 Å². The summed E-state index contributed by atoms with van der Waals surface area (Å²) in [6, 6.07) is 13.7. The van der Waals surface area contributed by atoms with Crippen LogP contribution in [0.3, 0.4) is 0 Å². The van der Waals surface area contributed by atoms with Crippen LogP contribution in [0.15, 0.2) is 48.5 Å². The molecule has 3 rings (SSSR count). The molecule has 1 heterocycles. The van der Waals surface area contributed by atoms with Gasteiger partial charge in [0.1, 0.15) is 12.1 Å². The first-order valence-corrected chi connectivity index (χ1v) is 9.89. The Kier molecular flexibility index (Phi) is 6.10. The number of carbonyl (C=O) groups excluding carboxylic acids is 4. The fourth-order valence-corrected chi connectivity index (χ4v) is 3.46. The fraction of sp³-hybridized carbons (Fsp3) is 0.304. The summed E-state index contributed by atoms with van der Waals surface area (Å²) in [6.07, 6.45) is -1.10. The quantitative estimate of drug-likeness (QED) is 0.549. The molecule has 31 heavy (non-hydrogen) atoms. The number of nitrogens with one attached hydrogen (secondary N) is 2. The van der Waals surface area contributed by atoms with E-state index in [2.05, 4.69) is 10.6 Å². The zero-order valence-corrected chi connectivity index (χ0v) is 17.9. The molecule has 8 nitrogen and oxygen atoms in total. The molecule has 0 spiro atoms. The lowest BCUT2D eigenvalue weighted by molar-refractivity contribution is -0.155. The lowest BCUT2D eigenvalue weighted by atomic mass is 9.92. The van der Waals surface area contributed by atoms with Gasteiger partial charge < -0.3 is 15.4 Å². The Hall–Kier alpha value is -3.68. The molecule has 8 heteroatoms. The molecule has 0 aliphatic carbocycles. The molecule has 4 amide bonds. The van der Waals surface area contributed by atoms with Crippen molar-refractivity contribution in [3.63, 3.8) is 0 Å². The third-order valence-corrected chi connectivity index (χ3v) is 5.32. The van der Waals surface area contributed by atoms with Gasteiger partial charge in [-0.3, -0.25) is 19.3 Å². The number of aryl methyl sites for hydroxylation is 2. The highest BCUT2D eigenvalue weighted by Crippen LogP contribution is 2.28. The predicted octanol–water partition coefficient (Wildman–Crippen LogP) is 2.64. The fourth-order valence-electron chi connectivity index (χ4n) is 3.46. The molecule has 1 aliphatic heterocycles. The molecule has 0 unspecified atom stereocenters. The number of carbonyl (C=O) groups is 4. The molecular weight excluding hydrogens is 398 g/mol. The van der Waals surface area contributed by atoms with Crippen LogP contribution in [0.25, 0.3) is 0 Å². The van der Waals surface area contributed by atoms with Gasteiger partial charge in [0, 0.05) is 5.69 Å². The molecule has 162 valence electrons. The minimum atomic E-state index is -1.27. The summed E-state index contributed by atoms with van der Waals surface area (Å²) in [4.78, 5) is 50.8. The summed E-state index contributed by atoms with van der Waals surface area (Å²) in [6.45, 7) is 6.14. The molecule has 1 fully saturated rings. The average molecular weight is 423 g/mol. The Morgan fingerprint density at radius 3 is 2.29 bits per heavy atom. The van der Waals surface area contributed by atoms with Crippen molar-refractivity contribution >= 4 is 29.5 Å². The van der Waals surface area contributed by atoms with Crippen molar-refractivity contribution < 1.29 is 23.9 Å². The topological polar surface area (TPSA) is 105 Å². The van der Waals surface area contributed by atoms with Crippen LogP contribution >= 0.6 is 0 Å². The molecular formula is C23H25N3O5. The number of benzene rings is 2. The monoisotopic (exact) mass is 423 g/mol. The Labute approximate surface area is 180 Å². The van der Waals surface area contributed by atoms with Crippen LogP contribution < -0.4 is 10.6 Å². The third kappa shape index (κ3) is 4.42. The number of hydrogen-bond donors (Lipinski definition) is 2. The van der Waals surface area contributed by atoms with Crippen LogP contribution in [0.1, 0.15) is 30.5 Å². The van der Waals surface area contributed by atoms with Gasteiger partial charge >= 0.3 is 12.0 Å². The van der Waals surface area contributed by atoms with Crippen LogP contribution in [-0.4, -0.2) is 41.4 Å². The number of hydrogen-bond acceptors (Lipinski definition) is 5. The van der Waals surface area contributed by atoms with E-state index in [0.717, 1.165) is 16.0 Å². The number of urea groups is 1. The van der Waals surface area contributed by atoms with E-state index in [0.29, 0.717) is 11.3 Å². The Bertz CT molecular complexity index is 1020. The summed E-state index contributed by atoms with van der Waals surface area (Å²) in [5.74, 6) is -1.92. The smallest absolute Gasteiger partial charge is 0.327 e. The standard InChI is InChI=1S/C23H25N3O5/c1-14-9-8-10-15(2)19(14)24-20(28)16(3)31-18(27)13-26-21(29)23(4,25-22(26)30)17-11-6-5-7-12-17/h5-12,16H,13H2,1-4H3,(H,24,28)(H,25,30)/t16-,23-/m1/s1. The first-order chi connectivity index (χ1) is 14.6. The molecule has 2 aromatic rings. The number of para-hydroxylation sites is 1. The maximum Gasteiger partial charge on any atom is 0.327 e. The van der Waals surface area contributed by atoms with Crippen molar-refractivity contribution in [2.24, 2.45) is 0 Å². The minimum Gasteiger partial charge on any atom is -0.451 e. The first kappa shape index (κ1) is 22.0. The normalized spacial score (nSPS) is 19.0. The van der Waals surface area contributed by atoms with Gasteiger partial charge in [0.05, 0.1) is 0 Å². The Balaban J connectivity index is 1.63. The van der Waals surface area contributed by atoms with Crippen molar-refractivity contribution in [3.8, 4) is 0 Å². The third-order valence-electron chi connectivity index (χ3n) is 5.32. The molecule has 1 aliphatic rings. The number of nitrogens with zero attached hydrogens (tertiary/aromatic N) is 1. The van der Waals surface area contributed by atoms with Gasteiger partial charge in [-0.15, -0.1) is 0 Å². The second-order valence-electron chi connectivity index (χ2n) is 7.70. The van der Waals surface area contributed by atoms with E-state index in [1.54, 1.807) is 37.3 Å². The summed E-state index contributed by atoms with van der Waals surface area (Å²) in [5, 5.41) is 5.38. The van der Waals surface area contributed by atoms with Gasteiger partial charge in [-0.1, -0.05) is 48.5 Å². The van der Waals surface area contributed by atoms with E-state index in [1.807, 2.05) is 32.0 Å². The van der Waals surface area contributed by atoms with Crippen molar-refractivity contribution in [3.05, 3.63) is 65.2 Å². The Morgan fingerprint density at radius 2 is 1.68 bits per heavy atom. The van der Waals surface area contributed by atoms with Crippen LogP contribution in [0.4, 0.5) is 10.5 Å². The van der Waals surface area contributed by atoms with E-state index in [4.69, 9.17) is 4.74 Å². The van der Waals surface area contributed by atoms with Crippen molar-refractivity contribution in [2.75, 3.05) is 11.9 Å².